The number of nitro benzene ring substituents is 1. The number of anilines is 1. The Morgan fingerprint density at radius 1 is 1.48 bits per heavy atom. The van der Waals surface area contributed by atoms with Crippen LogP contribution >= 0.6 is 0 Å². The van der Waals surface area contributed by atoms with E-state index >= 15 is 0 Å². The molecular weight excluding hydrogens is 288 g/mol. The van der Waals surface area contributed by atoms with E-state index in [0.29, 0.717) is 18.9 Å². The van der Waals surface area contributed by atoms with Crippen molar-refractivity contribution in [3.05, 3.63) is 28.3 Å². The van der Waals surface area contributed by atoms with E-state index in [1.54, 1.807) is 9.80 Å². The first-order chi connectivity index (χ1) is 9.92. The summed E-state index contributed by atoms with van der Waals surface area (Å²) in [4.78, 5) is 24.9. The number of ether oxygens (including phenoxy) is 1. The molecule has 1 saturated heterocycles. The lowest BCUT2D eigenvalue weighted by Crippen LogP contribution is -2.26. The number of hydrogen-bond acceptors (Lipinski definition) is 5. The topological polar surface area (TPSA) is 75.9 Å². The number of amides is 1. The van der Waals surface area contributed by atoms with Crippen molar-refractivity contribution in [2.45, 2.75) is 13.5 Å². The molecule has 0 unspecified atom stereocenters. The van der Waals surface area contributed by atoms with Crippen LogP contribution in [0.1, 0.15) is 6.92 Å². The molecule has 21 heavy (non-hydrogen) atoms. The third-order valence-electron chi connectivity index (χ3n) is 3.12. The number of carbonyl (C=O) groups is 1. The van der Waals surface area contributed by atoms with E-state index in [9.17, 15) is 23.7 Å². The molecule has 0 saturated carbocycles. The van der Waals surface area contributed by atoms with Crippen LogP contribution in [0.4, 0.5) is 20.2 Å². The summed E-state index contributed by atoms with van der Waals surface area (Å²) in [6.45, 7) is -0.405. The molecule has 1 aliphatic rings. The van der Waals surface area contributed by atoms with Gasteiger partial charge in [-0.1, -0.05) is 0 Å². The van der Waals surface area contributed by atoms with Crippen molar-refractivity contribution in [2.24, 2.45) is 0 Å². The molecular formula is C12H13F2N3O4. The number of nitrogens with zero attached hydrogens (tertiary/aromatic N) is 3. The van der Waals surface area contributed by atoms with E-state index in [4.69, 9.17) is 0 Å². The van der Waals surface area contributed by atoms with E-state index in [0.717, 1.165) is 12.1 Å². The smallest absolute Gasteiger partial charge is 0.387 e. The Labute approximate surface area is 118 Å². The predicted molar refractivity (Wildman–Crippen MR) is 69.3 cm³/mol. The Balaban J connectivity index is 2.29. The highest BCUT2D eigenvalue weighted by Gasteiger charge is 2.28. The highest BCUT2D eigenvalue weighted by atomic mass is 19.3. The third-order valence-corrected chi connectivity index (χ3v) is 3.12. The number of rotatable bonds is 5. The molecule has 114 valence electrons. The molecule has 1 amide bonds. The summed E-state index contributed by atoms with van der Waals surface area (Å²) in [6, 6.07) is 3.64. The summed E-state index contributed by atoms with van der Waals surface area (Å²) >= 11 is 0. The minimum absolute atomic E-state index is 0.0906. The number of hydrogen-bond donors (Lipinski definition) is 0. The summed E-state index contributed by atoms with van der Waals surface area (Å²) in [5.41, 5.74) is -0.127. The molecule has 1 aromatic carbocycles. The van der Waals surface area contributed by atoms with Crippen LogP contribution in [0.2, 0.25) is 0 Å². The highest BCUT2D eigenvalue weighted by molar-refractivity contribution is 5.85. The number of halogens is 2. The fourth-order valence-electron chi connectivity index (χ4n) is 2.09. The van der Waals surface area contributed by atoms with Crippen LogP contribution in [0.3, 0.4) is 0 Å². The standard InChI is InChI=1S/C12H13F2N3O4/c1-2-15-7-16(6-11(15)18)8-3-4-9(17(19)20)10(5-8)21-12(13)14/h3-5,12H,2,6-7H2,1H3. The Bertz CT molecular complexity index is 567. The Kier molecular flexibility index (Phi) is 4.20. The van der Waals surface area contributed by atoms with Crippen LogP contribution in [0.15, 0.2) is 18.2 Å². The summed E-state index contributed by atoms with van der Waals surface area (Å²) in [5.74, 6) is -0.609. The molecule has 1 aliphatic heterocycles. The zero-order valence-electron chi connectivity index (χ0n) is 11.2. The lowest BCUT2D eigenvalue weighted by molar-refractivity contribution is -0.386. The maximum absolute atomic E-state index is 12.3. The summed E-state index contributed by atoms with van der Waals surface area (Å²) in [7, 11) is 0. The zero-order chi connectivity index (χ0) is 15.6. The maximum atomic E-state index is 12.3. The zero-order valence-corrected chi connectivity index (χ0v) is 11.2. The van der Waals surface area contributed by atoms with E-state index in [1.807, 2.05) is 6.92 Å². The van der Waals surface area contributed by atoms with Gasteiger partial charge in [0.05, 0.1) is 18.1 Å². The van der Waals surface area contributed by atoms with Gasteiger partial charge in [0.1, 0.15) is 0 Å². The maximum Gasteiger partial charge on any atom is 0.387 e. The van der Waals surface area contributed by atoms with Gasteiger partial charge in [0.25, 0.3) is 0 Å². The number of carbonyl (C=O) groups excluding carboxylic acids is 1. The van der Waals surface area contributed by atoms with E-state index in [2.05, 4.69) is 4.74 Å². The Morgan fingerprint density at radius 2 is 2.19 bits per heavy atom. The molecule has 1 fully saturated rings. The minimum Gasteiger partial charge on any atom is -0.427 e. The fourth-order valence-corrected chi connectivity index (χ4v) is 2.09. The molecule has 2 rings (SSSR count). The van der Waals surface area contributed by atoms with Crippen LogP contribution in [-0.2, 0) is 4.79 Å². The average molecular weight is 301 g/mol. The molecule has 0 spiro atoms. The molecule has 1 aromatic rings. The number of nitro groups is 1. The fraction of sp³-hybridized carbons (Fsp3) is 0.417. The second kappa shape index (κ2) is 5.90. The van der Waals surface area contributed by atoms with Crippen molar-refractivity contribution in [2.75, 3.05) is 24.7 Å². The van der Waals surface area contributed by atoms with Gasteiger partial charge in [-0.25, -0.2) is 0 Å². The van der Waals surface area contributed by atoms with Gasteiger partial charge in [0.2, 0.25) is 11.7 Å². The van der Waals surface area contributed by atoms with Crippen molar-refractivity contribution < 1.29 is 23.2 Å². The lowest BCUT2D eigenvalue weighted by Gasteiger charge is -2.19. The van der Waals surface area contributed by atoms with Crippen LogP contribution in [0, 0.1) is 10.1 Å². The minimum atomic E-state index is -3.16. The molecule has 0 bridgehead atoms. The molecule has 9 heteroatoms. The molecule has 7 nitrogen and oxygen atoms in total. The number of benzene rings is 1. The average Bonchev–Trinajstić information content (AvgIpc) is 2.79. The molecule has 0 atom stereocenters. The molecule has 0 aliphatic carbocycles. The van der Waals surface area contributed by atoms with Gasteiger partial charge in [-0.15, -0.1) is 0 Å². The van der Waals surface area contributed by atoms with Gasteiger partial charge in [0.15, 0.2) is 0 Å². The normalized spacial score (nSPS) is 15.0. The predicted octanol–water partition coefficient (Wildman–Crippen LogP) is 1.82. The van der Waals surface area contributed by atoms with Crippen LogP contribution < -0.4 is 9.64 Å². The quantitative estimate of drug-likeness (QED) is 0.612. The van der Waals surface area contributed by atoms with Gasteiger partial charge >= 0.3 is 12.3 Å². The number of likely N-dealkylation sites (N-methyl/N-ethyl adjacent to an activating group) is 1. The van der Waals surface area contributed by atoms with Crippen LogP contribution in [-0.4, -0.2) is 42.1 Å². The van der Waals surface area contributed by atoms with Crippen molar-refractivity contribution in [3.8, 4) is 5.75 Å². The monoisotopic (exact) mass is 301 g/mol. The van der Waals surface area contributed by atoms with Gasteiger partial charge in [-0.3, -0.25) is 14.9 Å². The van der Waals surface area contributed by atoms with Gasteiger partial charge in [-0.2, -0.15) is 8.78 Å². The molecule has 1 heterocycles. The van der Waals surface area contributed by atoms with Gasteiger partial charge in [0, 0.05) is 24.4 Å². The number of alkyl halides is 2. The Hall–Kier alpha value is -2.45. The van der Waals surface area contributed by atoms with Crippen molar-refractivity contribution >= 4 is 17.3 Å². The van der Waals surface area contributed by atoms with Crippen molar-refractivity contribution in [1.29, 1.82) is 0 Å². The second-order valence-corrected chi connectivity index (χ2v) is 4.38. The first kappa shape index (κ1) is 14.9. The van der Waals surface area contributed by atoms with Crippen LogP contribution in [0.5, 0.6) is 5.75 Å². The van der Waals surface area contributed by atoms with E-state index in [-0.39, 0.29) is 12.5 Å². The van der Waals surface area contributed by atoms with Gasteiger partial charge in [-0.05, 0) is 13.0 Å². The second-order valence-electron chi connectivity index (χ2n) is 4.38. The summed E-state index contributed by atoms with van der Waals surface area (Å²) < 4.78 is 28.8. The molecule has 0 radical (unpaired) electrons. The van der Waals surface area contributed by atoms with Crippen molar-refractivity contribution in [1.82, 2.24) is 4.90 Å². The summed E-state index contributed by atoms with van der Waals surface area (Å²) in [6.07, 6.45) is 0. The van der Waals surface area contributed by atoms with Crippen LogP contribution in [0.25, 0.3) is 0 Å². The van der Waals surface area contributed by atoms with E-state index < -0.39 is 23.0 Å². The Morgan fingerprint density at radius 3 is 2.71 bits per heavy atom. The SMILES string of the molecule is CCN1CN(c2ccc([N+](=O)[O-])c(OC(F)F)c2)CC1=O. The van der Waals surface area contributed by atoms with E-state index in [1.165, 1.54) is 6.07 Å². The lowest BCUT2D eigenvalue weighted by atomic mass is 10.2. The molecule has 0 N–H and O–H groups in total. The van der Waals surface area contributed by atoms with Crippen molar-refractivity contribution in [3.63, 3.8) is 0 Å². The third kappa shape index (κ3) is 3.18. The summed E-state index contributed by atoms with van der Waals surface area (Å²) in [5, 5.41) is 10.8. The highest BCUT2D eigenvalue weighted by Crippen LogP contribution is 2.33. The first-order valence-corrected chi connectivity index (χ1v) is 6.18. The van der Waals surface area contributed by atoms with Gasteiger partial charge < -0.3 is 14.5 Å². The first-order valence-electron chi connectivity index (χ1n) is 6.18. The largest absolute Gasteiger partial charge is 0.427 e. The molecule has 0 aromatic heterocycles.